The van der Waals surface area contributed by atoms with Gasteiger partial charge in [-0.25, -0.2) is 8.78 Å². The maximum Gasteiger partial charge on any atom is 0.141 e. The van der Waals surface area contributed by atoms with Crippen LogP contribution in [0, 0.1) is 11.6 Å². The smallest absolute Gasteiger partial charge is 0.141 e. The fraction of sp³-hybridized carbons (Fsp3) is 0. The lowest BCUT2D eigenvalue weighted by atomic mass is 9.96. The molecule has 0 amide bonds. The molecule has 5 heteroatoms. The average molecular weight is 377 g/mol. The van der Waals surface area contributed by atoms with Crippen molar-refractivity contribution in [3.05, 3.63) is 70.7 Å². The molecule has 2 nitrogen and oxygen atoms in total. The molecule has 3 rings (SSSR count). The van der Waals surface area contributed by atoms with Crippen LogP contribution in [0.15, 0.2) is 59.1 Å². The van der Waals surface area contributed by atoms with Gasteiger partial charge in [0, 0.05) is 16.7 Å². The van der Waals surface area contributed by atoms with Crippen LogP contribution in [0.2, 0.25) is 0 Å². The maximum absolute atomic E-state index is 14.1. The van der Waals surface area contributed by atoms with Crippen molar-refractivity contribution in [2.24, 2.45) is 0 Å². The van der Waals surface area contributed by atoms with E-state index in [4.69, 9.17) is 0 Å². The van der Waals surface area contributed by atoms with Gasteiger partial charge in [-0.2, -0.15) is 0 Å². The van der Waals surface area contributed by atoms with Crippen molar-refractivity contribution >= 4 is 15.9 Å². The quantitative estimate of drug-likeness (QED) is 0.622. The molecule has 0 spiro atoms. The first-order chi connectivity index (χ1) is 11.0. The Morgan fingerprint density at radius 2 is 1.22 bits per heavy atom. The highest BCUT2D eigenvalue weighted by molar-refractivity contribution is 9.10. The number of phenolic OH excluding ortho intramolecular Hbond substituents is 2. The summed E-state index contributed by atoms with van der Waals surface area (Å²) in [6.45, 7) is 0. The lowest BCUT2D eigenvalue weighted by Crippen LogP contribution is -1.91. The number of hydrogen-bond acceptors (Lipinski definition) is 2. The molecule has 23 heavy (non-hydrogen) atoms. The fourth-order valence-electron chi connectivity index (χ4n) is 2.43. The summed E-state index contributed by atoms with van der Waals surface area (Å²) in [5, 5.41) is 20.8. The third-order valence-corrected chi connectivity index (χ3v) is 4.14. The van der Waals surface area contributed by atoms with E-state index in [1.165, 1.54) is 42.5 Å². The SMILES string of the molecule is Oc1c(Br)cc(-c2ccccc2F)c(O)c1-c1ccccc1F. The third-order valence-electron chi connectivity index (χ3n) is 3.53. The fourth-order valence-corrected chi connectivity index (χ4v) is 2.86. The van der Waals surface area contributed by atoms with Gasteiger partial charge in [-0.1, -0.05) is 36.4 Å². The minimum absolute atomic E-state index is 0.0291. The number of hydrogen-bond donors (Lipinski definition) is 2. The Balaban J connectivity index is 2.35. The Labute approximate surface area is 139 Å². The Kier molecular flexibility index (Phi) is 4.05. The highest BCUT2D eigenvalue weighted by atomic mass is 79.9. The van der Waals surface area contributed by atoms with E-state index in [1.807, 2.05) is 0 Å². The van der Waals surface area contributed by atoms with Crippen LogP contribution in [0.3, 0.4) is 0 Å². The maximum atomic E-state index is 14.1. The van der Waals surface area contributed by atoms with E-state index < -0.39 is 11.6 Å². The van der Waals surface area contributed by atoms with Crippen molar-refractivity contribution in [2.75, 3.05) is 0 Å². The molecule has 0 saturated heterocycles. The summed E-state index contributed by atoms with van der Waals surface area (Å²) in [5.41, 5.74) is 0.256. The highest BCUT2D eigenvalue weighted by Gasteiger charge is 2.22. The van der Waals surface area contributed by atoms with Crippen LogP contribution < -0.4 is 0 Å². The van der Waals surface area contributed by atoms with E-state index in [9.17, 15) is 19.0 Å². The zero-order valence-corrected chi connectivity index (χ0v) is 13.3. The summed E-state index contributed by atoms with van der Waals surface area (Å²) in [5.74, 6) is -1.83. The first kappa shape index (κ1) is 15.5. The van der Waals surface area contributed by atoms with Crippen molar-refractivity contribution < 1.29 is 19.0 Å². The summed E-state index contributed by atoms with van der Waals surface area (Å²) in [6, 6.07) is 13.1. The molecule has 0 aliphatic carbocycles. The Morgan fingerprint density at radius 1 is 0.696 bits per heavy atom. The molecular weight excluding hydrogens is 366 g/mol. The second-order valence-electron chi connectivity index (χ2n) is 4.94. The average Bonchev–Trinajstić information content (AvgIpc) is 2.54. The van der Waals surface area contributed by atoms with Crippen LogP contribution in [0.5, 0.6) is 11.5 Å². The van der Waals surface area contributed by atoms with Crippen LogP contribution >= 0.6 is 15.9 Å². The van der Waals surface area contributed by atoms with E-state index in [0.29, 0.717) is 0 Å². The van der Waals surface area contributed by atoms with Gasteiger partial charge in [0.2, 0.25) is 0 Å². The van der Waals surface area contributed by atoms with Gasteiger partial charge >= 0.3 is 0 Å². The molecule has 116 valence electrons. The van der Waals surface area contributed by atoms with Gasteiger partial charge in [0.25, 0.3) is 0 Å². The Hall–Kier alpha value is -2.40. The van der Waals surface area contributed by atoms with E-state index in [2.05, 4.69) is 15.9 Å². The van der Waals surface area contributed by atoms with E-state index in [0.717, 1.165) is 0 Å². The molecule has 0 heterocycles. The van der Waals surface area contributed by atoms with Gasteiger partial charge in [0.1, 0.15) is 23.1 Å². The molecule has 3 aromatic rings. The largest absolute Gasteiger partial charge is 0.507 e. The van der Waals surface area contributed by atoms with Crippen molar-refractivity contribution in [2.45, 2.75) is 0 Å². The Bertz CT molecular complexity index is 894. The number of phenols is 2. The van der Waals surface area contributed by atoms with E-state index >= 15 is 0 Å². The molecule has 0 bridgehead atoms. The normalized spacial score (nSPS) is 10.7. The van der Waals surface area contributed by atoms with Gasteiger partial charge in [0.15, 0.2) is 0 Å². The summed E-state index contributed by atoms with van der Waals surface area (Å²) in [6.07, 6.45) is 0. The molecular formula is C18H11BrF2O2. The molecule has 3 aromatic carbocycles. The van der Waals surface area contributed by atoms with Crippen LogP contribution in [0.4, 0.5) is 8.78 Å². The van der Waals surface area contributed by atoms with Crippen molar-refractivity contribution in [1.82, 2.24) is 0 Å². The molecule has 0 atom stereocenters. The highest BCUT2D eigenvalue weighted by Crippen LogP contribution is 2.48. The second-order valence-corrected chi connectivity index (χ2v) is 5.79. The number of benzene rings is 3. The van der Waals surface area contributed by atoms with Crippen molar-refractivity contribution in [3.63, 3.8) is 0 Å². The third kappa shape index (κ3) is 2.68. The zero-order chi connectivity index (χ0) is 16.6. The van der Waals surface area contributed by atoms with Gasteiger partial charge in [-0.05, 0) is 34.1 Å². The van der Waals surface area contributed by atoms with Crippen molar-refractivity contribution in [3.8, 4) is 33.8 Å². The predicted molar refractivity (Wildman–Crippen MR) is 88.3 cm³/mol. The van der Waals surface area contributed by atoms with Crippen LogP contribution in [0.1, 0.15) is 0 Å². The molecule has 0 unspecified atom stereocenters. The van der Waals surface area contributed by atoms with Crippen LogP contribution in [0.25, 0.3) is 22.3 Å². The molecule has 0 saturated carbocycles. The van der Waals surface area contributed by atoms with Crippen LogP contribution in [-0.4, -0.2) is 10.2 Å². The van der Waals surface area contributed by atoms with E-state index in [-0.39, 0.29) is 38.2 Å². The summed E-state index contributed by atoms with van der Waals surface area (Å²) in [7, 11) is 0. The lowest BCUT2D eigenvalue weighted by Gasteiger charge is -2.15. The van der Waals surface area contributed by atoms with Crippen LogP contribution in [-0.2, 0) is 0 Å². The number of rotatable bonds is 2. The number of aromatic hydroxyl groups is 2. The minimum atomic E-state index is -0.601. The molecule has 0 radical (unpaired) electrons. The van der Waals surface area contributed by atoms with E-state index in [1.54, 1.807) is 12.1 Å². The molecule has 0 aromatic heterocycles. The summed E-state index contributed by atoms with van der Waals surface area (Å²) in [4.78, 5) is 0. The zero-order valence-electron chi connectivity index (χ0n) is 11.7. The van der Waals surface area contributed by atoms with Gasteiger partial charge in [-0.15, -0.1) is 0 Å². The molecule has 2 N–H and O–H groups in total. The molecule has 0 aliphatic heterocycles. The first-order valence-electron chi connectivity index (χ1n) is 6.75. The minimum Gasteiger partial charge on any atom is -0.507 e. The standard InChI is InChI=1S/C18H11BrF2O2/c19-13-9-12(10-5-1-3-7-14(10)20)17(22)16(18(13)23)11-6-2-4-8-15(11)21/h1-9,22-23H. The van der Waals surface area contributed by atoms with Gasteiger partial charge < -0.3 is 10.2 Å². The second kappa shape index (κ2) is 6.01. The summed E-state index contributed by atoms with van der Waals surface area (Å²) < 4.78 is 28.3. The van der Waals surface area contributed by atoms with Crippen molar-refractivity contribution in [1.29, 1.82) is 0 Å². The van der Waals surface area contributed by atoms with Gasteiger partial charge in [0.05, 0.1) is 10.0 Å². The monoisotopic (exact) mass is 376 g/mol. The molecule has 0 fully saturated rings. The Morgan fingerprint density at radius 3 is 1.78 bits per heavy atom. The van der Waals surface area contributed by atoms with Gasteiger partial charge in [-0.3, -0.25) is 0 Å². The first-order valence-corrected chi connectivity index (χ1v) is 7.54. The topological polar surface area (TPSA) is 40.5 Å². The molecule has 0 aliphatic rings. The predicted octanol–water partition coefficient (Wildman–Crippen LogP) is 5.47. The number of halogens is 3. The lowest BCUT2D eigenvalue weighted by molar-refractivity contribution is 0.452. The summed E-state index contributed by atoms with van der Waals surface area (Å²) >= 11 is 3.17.